The number of benzene rings is 2. The van der Waals surface area contributed by atoms with Crippen LogP contribution in [0.1, 0.15) is 61.4 Å². The van der Waals surface area contributed by atoms with E-state index in [4.69, 9.17) is 14.2 Å². The molecule has 1 aliphatic rings. The van der Waals surface area contributed by atoms with Crippen LogP contribution in [0.3, 0.4) is 0 Å². The molecule has 1 aromatic heterocycles. The normalized spacial score (nSPS) is 16.9. The minimum atomic E-state index is -0.690. The standard InChI is InChI=1S/C30H33F2NO4/c1-16-8-19-12-26(33-14-23(19)28(16)29(34)37-30(4,5)6)36-15-20-11-22(25(32)13-24(20)31)27-17(2)9-21(35-7)10-18(27)3/h9-14,16,28H,8,15H2,1-7H3/t16?,28-/m0/s1. The maximum atomic E-state index is 14.9. The number of aromatic nitrogens is 1. The molecule has 2 aromatic carbocycles. The Balaban J connectivity index is 1.56. The number of hydrogen-bond acceptors (Lipinski definition) is 5. The van der Waals surface area contributed by atoms with Crippen LogP contribution in [0.25, 0.3) is 11.1 Å². The van der Waals surface area contributed by atoms with Crippen molar-refractivity contribution in [1.29, 1.82) is 0 Å². The van der Waals surface area contributed by atoms with E-state index >= 15 is 0 Å². The van der Waals surface area contributed by atoms with Gasteiger partial charge in [-0.1, -0.05) is 6.92 Å². The van der Waals surface area contributed by atoms with E-state index in [-0.39, 0.29) is 30.0 Å². The van der Waals surface area contributed by atoms with E-state index in [1.807, 2.05) is 53.7 Å². The summed E-state index contributed by atoms with van der Waals surface area (Å²) in [6.45, 7) is 11.2. The summed E-state index contributed by atoms with van der Waals surface area (Å²) in [6.07, 6.45) is 2.32. The van der Waals surface area contributed by atoms with Gasteiger partial charge in [-0.2, -0.15) is 0 Å². The molecule has 0 N–H and O–H groups in total. The van der Waals surface area contributed by atoms with Gasteiger partial charge >= 0.3 is 5.97 Å². The van der Waals surface area contributed by atoms with Crippen molar-refractivity contribution in [2.24, 2.45) is 5.92 Å². The van der Waals surface area contributed by atoms with Gasteiger partial charge < -0.3 is 14.2 Å². The number of carbonyl (C=O) groups excluding carboxylic acids is 1. The zero-order valence-electron chi connectivity index (χ0n) is 22.4. The third-order valence-corrected chi connectivity index (χ3v) is 6.63. The molecule has 0 aliphatic heterocycles. The number of carbonyl (C=O) groups is 1. The van der Waals surface area contributed by atoms with E-state index in [1.165, 1.54) is 6.07 Å². The first-order valence-electron chi connectivity index (χ1n) is 12.4. The van der Waals surface area contributed by atoms with Crippen molar-refractivity contribution in [3.05, 3.63) is 76.0 Å². The maximum absolute atomic E-state index is 14.9. The highest BCUT2D eigenvalue weighted by molar-refractivity contribution is 5.80. The predicted molar refractivity (Wildman–Crippen MR) is 138 cm³/mol. The van der Waals surface area contributed by atoms with Crippen LogP contribution >= 0.6 is 0 Å². The van der Waals surface area contributed by atoms with E-state index in [2.05, 4.69) is 4.98 Å². The van der Waals surface area contributed by atoms with Crippen LogP contribution in [0.5, 0.6) is 11.6 Å². The fourth-order valence-electron chi connectivity index (χ4n) is 5.03. The van der Waals surface area contributed by atoms with Gasteiger partial charge in [-0.15, -0.1) is 0 Å². The molecule has 7 heteroatoms. The Morgan fingerprint density at radius 2 is 1.73 bits per heavy atom. The van der Waals surface area contributed by atoms with Crippen LogP contribution in [-0.4, -0.2) is 23.7 Å². The number of rotatable bonds is 6. The monoisotopic (exact) mass is 509 g/mol. The van der Waals surface area contributed by atoms with E-state index in [0.29, 0.717) is 29.2 Å². The number of halogens is 2. The molecular formula is C30H33F2NO4. The lowest BCUT2D eigenvalue weighted by Crippen LogP contribution is -2.29. The number of aryl methyl sites for hydroxylation is 2. The summed E-state index contributed by atoms with van der Waals surface area (Å²) in [4.78, 5) is 17.1. The molecule has 3 aromatic rings. The smallest absolute Gasteiger partial charge is 0.314 e. The summed E-state index contributed by atoms with van der Waals surface area (Å²) >= 11 is 0. The highest BCUT2D eigenvalue weighted by Gasteiger charge is 2.38. The molecule has 2 atom stereocenters. The van der Waals surface area contributed by atoms with Crippen molar-refractivity contribution in [2.45, 2.75) is 66.1 Å². The van der Waals surface area contributed by atoms with Crippen LogP contribution < -0.4 is 9.47 Å². The van der Waals surface area contributed by atoms with Crippen LogP contribution in [0.15, 0.2) is 36.5 Å². The van der Waals surface area contributed by atoms with E-state index in [1.54, 1.807) is 19.4 Å². The Labute approximate surface area is 216 Å². The number of esters is 1. The van der Waals surface area contributed by atoms with Gasteiger partial charge in [0.2, 0.25) is 5.88 Å². The molecule has 4 rings (SSSR count). The number of methoxy groups -OCH3 is 1. The highest BCUT2D eigenvalue weighted by atomic mass is 19.1. The number of fused-ring (bicyclic) bond motifs is 1. The Kier molecular flexibility index (Phi) is 7.27. The van der Waals surface area contributed by atoms with Gasteiger partial charge in [-0.05, 0) is 93.0 Å². The second-order valence-corrected chi connectivity index (χ2v) is 10.8. The van der Waals surface area contributed by atoms with Crippen LogP contribution in [-0.2, 0) is 22.6 Å². The molecule has 37 heavy (non-hydrogen) atoms. The van der Waals surface area contributed by atoms with Crippen molar-refractivity contribution < 1.29 is 27.8 Å². The van der Waals surface area contributed by atoms with Crippen molar-refractivity contribution in [1.82, 2.24) is 4.98 Å². The average molecular weight is 510 g/mol. The summed E-state index contributed by atoms with van der Waals surface area (Å²) in [7, 11) is 1.58. The SMILES string of the molecule is COc1cc(C)c(-c2cc(COc3cc4c(cn3)[C@@H](C(=O)OC(C)(C)C)C(C)C4)c(F)cc2F)c(C)c1. The predicted octanol–water partition coefficient (Wildman–Crippen LogP) is 6.85. The molecule has 5 nitrogen and oxygen atoms in total. The van der Waals surface area contributed by atoms with Crippen molar-refractivity contribution in [3.63, 3.8) is 0 Å². The lowest BCUT2D eigenvalue weighted by atomic mass is 9.93. The number of nitrogens with zero attached hydrogens (tertiary/aromatic N) is 1. The quantitative estimate of drug-likeness (QED) is 0.340. The van der Waals surface area contributed by atoms with E-state index < -0.39 is 17.2 Å². The zero-order valence-corrected chi connectivity index (χ0v) is 22.4. The third kappa shape index (κ3) is 5.60. The van der Waals surface area contributed by atoms with Crippen molar-refractivity contribution in [2.75, 3.05) is 7.11 Å². The Morgan fingerprint density at radius 3 is 2.35 bits per heavy atom. The molecule has 1 aliphatic carbocycles. The lowest BCUT2D eigenvalue weighted by molar-refractivity contribution is -0.157. The van der Waals surface area contributed by atoms with Gasteiger partial charge in [-0.3, -0.25) is 4.79 Å². The van der Waals surface area contributed by atoms with Crippen LogP contribution in [0.2, 0.25) is 0 Å². The van der Waals surface area contributed by atoms with Gasteiger partial charge in [0.1, 0.15) is 29.6 Å². The van der Waals surface area contributed by atoms with Gasteiger partial charge in [0.05, 0.1) is 13.0 Å². The summed E-state index contributed by atoms with van der Waals surface area (Å²) in [5.41, 5.74) is 4.07. The maximum Gasteiger partial charge on any atom is 0.314 e. The number of hydrogen-bond donors (Lipinski definition) is 0. The van der Waals surface area contributed by atoms with E-state index in [9.17, 15) is 13.6 Å². The van der Waals surface area contributed by atoms with Gasteiger partial charge in [0.15, 0.2) is 0 Å². The fraction of sp³-hybridized carbons (Fsp3) is 0.400. The second-order valence-electron chi connectivity index (χ2n) is 10.8. The molecule has 0 saturated carbocycles. The summed E-state index contributed by atoms with van der Waals surface area (Å²) in [6, 6.07) is 7.81. The largest absolute Gasteiger partial charge is 0.497 e. The first kappa shape index (κ1) is 26.6. The topological polar surface area (TPSA) is 57.7 Å². The molecular weight excluding hydrogens is 476 g/mol. The van der Waals surface area contributed by atoms with Gasteiger partial charge in [0, 0.05) is 29.5 Å². The van der Waals surface area contributed by atoms with Gasteiger partial charge in [0.25, 0.3) is 0 Å². The number of ether oxygens (including phenoxy) is 3. The first-order chi connectivity index (χ1) is 17.4. The van der Waals surface area contributed by atoms with Crippen LogP contribution in [0.4, 0.5) is 8.78 Å². The first-order valence-corrected chi connectivity index (χ1v) is 12.4. The molecule has 0 bridgehead atoms. The summed E-state index contributed by atoms with van der Waals surface area (Å²) < 4.78 is 46.3. The number of pyridine rings is 1. The minimum absolute atomic E-state index is 0.0648. The van der Waals surface area contributed by atoms with E-state index in [0.717, 1.165) is 28.3 Å². The Hall–Kier alpha value is -3.48. The summed E-state index contributed by atoms with van der Waals surface area (Å²) in [5.74, 6) is -0.924. The van der Waals surface area contributed by atoms with Crippen molar-refractivity contribution in [3.8, 4) is 22.8 Å². The molecule has 0 spiro atoms. The molecule has 0 amide bonds. The second kappa shape index (κ2) is 10.1. The molecule has 0 fully saturated rings. The highest BCUT2D eigenvalue weighted by Crippen LogP contribution is 2.40. The average Bonchev–Trinajstić information content (AvgIpc) is 3.12. The molecule has 0 radical (unpaired) electrons. The summed E-state index contributed by atoms with van der Waals surface area (Å²) in [5, 5.41) is 0. The van der Waals surface area contributed by atoms with Gasteiger partial charge in [-0.25, -0.2) is 13.8 Å². The Morgan fingerprint density at radius 1 is 1.05 bits per heavy atom. The fourth-order valence-corrected chi connectivity index (χ4v) is 5.03. The molecule has 1 unspecified atom stereocenters. The Bertz CT molecular complexity index is 1320. The minimum Gasteiger partial charge on any atom is -0.497 e. The third-order valence-electron chi connectivity index (χ3n) is 6.63. The molecule has 0 saturated heterocycles. The lowest BCUT2D eigenvalue weighted by Gasteiger charge is -2.24. The molecule has 196 valence electrons. The molecule has 1 heterocycles. The zero-order chi connectivity index (χ0) is 27.1. The van der Waals surface area contributed by atoms with Crippen molar-refractivity contribution >= 4 is 5.97 Å². The van der Waals surface area contributed by atoms with Crippen LogP contribution in [0, 0.1) is 31.4 Å².